The molecule has 6 nitrogen and oxygen atoms in total. The quantitative estimate of drug-likeness (QED) is 0.736. The fourth-order valence-corrected chi connectivity index (χ4v) is 2.13. The lowest BCUT2D eigenvalue weighted by Crippen LogP contribution is -2.27. The molecule has 0 fully saturated rings. The highest BCUT2D eigenvalue weighted by Gasteiger charge is 2.16. The van der Waals surface area contributed by atoms with Crippen LogP contribution in [0.25, 0.3) is 0 Å². The Labute approximate surface area is 118 Å². The summed E-state index contributed by atoms with van der Waals surface area (Å²) in [6.45, 7) is 5.84. The molecule has 0 aliphatic rings. The monoisotopic (exact) mass is 286 g/mol. The molecule has 0 saturated heterocycles. The summed E-state index contributed by atoms with van der Waals surface area (Å²) < 4.78 is 5.39. The van der Waals surface area contributed by atoms with Crippen molar-refractivity contribution >= 4 is 28.2 Å². The van der Waals surface area contributed by atoms with E-state index in [0.717, 1.165) is 5.13 Å². The smallest absolute Gasteiger partial charge is 0.265 e. The fourth-order valence-electron chi connectivity index (χ4n) is 1.31. The second-order valence-electron chi connectivity index (χ2n) is 4.83. The summed E-state index contributed by atoms with van der Waals surface area (Å²) in [4.78, 5) is 18.3. The number of hydrogen-bond acceptors (Lipinski definition) is 6. The van der Waals surface area contributed by atoms with Gasteiger partial charge >= 0.3 is 0 Å². The lowest BCUT2D eigenvalue weighted by Gasteiger charge is -2.07. The molecule has 7 heteroatoms. The summed E-state index contributed by atoms with van der Waals surface area (Å²) >= 11 is 1.28. The van der Waals surface area contributed by atoms with Crippen molar-refractivity contribution in [1.82, 2.24) is 10.3 Å². The maximum Gasteiger partial charge on any atom is 0.265 e. The molecule has 0 saturated carbocycles. The number of nitrogens with one attached hydrogen (secondary N) is 1. The highest BCUT2D eigenvalue weighted by molar-refractivity contribution is 7.18. The van der Waals surface area contributed by atoms with Gasteiger partial charge in [-0.2, -0.15) is 0 Å². The Balaban J connectivity index is 2.41. The number of aromatic nitrogens is 1. The van der Waals surface area contributed by atoms with Crippen LogP contribution >= 0.6 is 11.3 Å². The number of amides is 1. The molecule has 19 heavy (non-hydrogen) atoms. The normalized spacial score (nSPS) is 10.8. The number of anilines is 2. The molecule has 1 aromatic heterocycles. The van der Waals surface area contributed by atoms with Crippen molar-refractivity contribution in [2.45, 2.75) is 13.8 Å². The van der Waals surface area contributed by atoms with Crippen LogP contribution in [-0.4, -0.2) is 44.7 Å². The number of carbonyl (C=O) groups excluding carboxylic acids is 1. The zero-order chi connectivity index (χ0) is 14.4. The van der Waals surface area contributed by atoms with Crippen molar-refractivity contribution in [2.24, 2.45) is 5.92 Å². The van der Waals surface area contributed by atoms with Crippen LogP contribution in [0.3, 0.4) is 0 Å². The molecule has 1 heterocycles. The summed E-state index contributed by atoms with van der Waals surface area (Å²) in [6.07, 6.45) is 0. The first-order chi connectivity index (χ1) is 8.91. The van der Waals surface area contributed by atoms with E-state index in [4.69, 9.17) is 10.5 Å². The minimum Gasteiger partial charge on any atom is -0.382 e. The van der Waals surface area contributed by atoms with E-state index < -0.39 is 0 Å². The maximum absolute atomic E-state index is 11.9. The van der Waals surface area contributed by atoms with Crippen LogP contribution in [-0.2, 0) is 4.74 Å². The second kappa shape index (κ2) is 7.30. The summed E-state index contributed by atoms with van der Waals surface area (Å²) in [7, 11) is 3.72. The predicted molar refractivity (Wildman–Crippen MR) is 78.8 cm³/mol. The second-order valence-corrected chi connectivity index (χ2v) is 5.81. The third-order valence-electron chi connectivity index (χ3n) is 2.21. The van der Waals surface area contributed by atoms with Gasteiger partial charge in [-0.1, -0.05) is 25.2 Å². The van der Waals surface area contributed by atoms with Gasteiger partial charge in [0.15, 0.2) is 5.13 Å². The molecular weight excluding hydrogens is 264 g/mol. The van der Waals surface area contributed by atoms with Gasteiger partial charge in [-0.05, 0) is 5.92 Å². The van der Waals surface area contributed by atoms with E-state index in [1.54, 1.807) is 0 Å². The minimum atomic E-state index is -0.198. The third kappa shape index (κ3) is 5.04. The molecule has 1 rings (SSSR count). The van der Waals surface area contributed by atoms with E-state index in [0.29, 0.717) is 30.6 Å². The molecule has 0 radical (unpaired) electrons. The van der Waals surface area contributed by atoms with Crippen molar-refractivity contribution in [1.29, 1.82) is 0 Å². The number of nitrogens with zero attached hydrogens (tertiary/aromatic N) is 2. The molecule has 1 aromatic rings. The maximum atomic E-state index is 11.9. The van der Waals surface area contributed by atoms with Crippen molar-refractivity contribution in [3.8, 4) is 0 Å². The van der Waals surface area contributed by atoms with Crippen LogP contribution in [0.1, 0.15) is 23.5 Å². The molecule has 0 atom stereocenters. The SMILES string of the molecule is CC(C)COCCNC(=O)c1sc(N(C)C)nc1N. The van der Waals surface area contributed by atoms with E-state index >= 15 is 0 Å². The van der Waals surface area contributed by atoms with Crippen LogP contribution < -0.4 is 16.0 Å². The number of nitrogen functional groups attached to an aromatic ring is 1. The molecular formula is C12H22N4O2S. The summed E-state index contributed by atoms with van der Waals surface area (Å²) in [5, 5.41) is 3.49. The van der Waals surface area contributed by atoms with E-state index in [-0.39, 0.29) is 11.7 Å². The average Bonchev–Trinajstić information content (AvgIpc) is 2.70. The fraction of sp³-hybridized carbons (Fsp3) is 0.667. The summed E-state index contributed by atoms with van der Waals surface area (Å²) in [5.41, 5.74) is 5.73. The molecule has 0 aliphatic heterocycles. The zero-order valence-corrected chi connectivity index (χ0v) is 12.7. The predicted octanol–water partition coefficient (Wildman–Crippen LogP) is 1.19. The first-order valence-corrected chi connectivity index (χ1v) is 7.03. The number of ether oxygens (including phenoxy) is 1. The first kappa shape index (κ1) is 15.7. The van der Waals surface area contributed by atoms with Gasteiger partial charge in [-0.25, -0.2) is 4.98 Å². The Bertz CT molecular complexity index is 418. The molecule has 0 aromatic carbocycles. The van der Waals surface area contributed by atoms with Gasteiger partial charge in [0.25, 0.3) is 5.91 Å². The highest BCUT2D eigenvalue weighted by atomic mass is 32.1. The largest absolute Gasteiger partial charge is 0.382 e. The van der Waals surface area contributed by atoms with E-state index in [2.05, 4.69) is 24.1 Å². The van der Waals surface area contributed by atoms with Crippen molar-refractivity contribution in [3.05, 3.63) is 4.88 Å². The lowest BCUT2D eigenvalue weighted by atomic mass is 10.2. The van der Waals surface area contributed by atoms with E-state index in [1.807, 2.05) is 19.0 Å². The number of carbonyl (C=O) groups is 1. The topological polar surface area (TPSA) is 80.5 Å². The number of hydrogen-bond donors (Lipinski definition) is 2. The lowest BCUT2D eigenvalue weighted by molar-refractivity contribution is 0.0890. The van der Waals surface area contributed by atoms with Crippen molar-refractivity contribution < 1.29 is 9.53 Å². The molecule has 0 unspecified atom stereocenters. The van der Waals surface area contributed by atoms with Gasteiger partial charge in [-0.3, -0.25) is 4.79 Å². The Morgan fingerprint density at radius 2 is 2.21 bits per heavy atom. The van der Waals surface area contributed by atoms with Gasteiger partial charge in [0.2, 0.25) is 0 Å². The number of rotatable bonds is 7. The minimum absolute atomic E-state index is 0.198. The van der Waals surface area contributed by atoms with Gasteiger partial charge in [0, 0.05) is 27.2 Å². The Kier molecular flexibility index (Phi) is 6.04. The molecule has 3 N–H and O–H groups in total. The summed E-state index contributed by atoms with van der Waals surface area (Å²) in [5.74, 6) is 0.570. The highest BCUT2D eigenvalue weighted by Crippen LogP contribution is 2.26. The zero-order valence-electron chi connectivity index (χ0n) is 11.9. The van der Waals surface area contributed by atoms with E-state index in [1.165, 1.54) is 11.3 Å². The summed E-state index contributed by atoms with van der Waals surface area (Å²) in [6, 6.07) is 0. The van der Waals surface area contributed by atoms with Crippen LogP contribution in [0.15, 0.2) is 0 Å². The van der Waals surface area contributed by atoms with Gasteiger partial charge in [0.05, 0.1) is 6.61 Å². The van der Waals surface area contributed by atoms with Gasteiger partial charge in [-0.15, -0.1) is 0 Å². The van der Waals surface area contributed by atoms with Crippen LogP contribution in [0.2, 0.25) is 0 Å². The van der Waals surface area contributed by atoms with Crippen LogP contribution in [0.4, 0.5) is 10.9 Å². The molecule has 0 bridgehead atoms. The Morgan fingerprint density at radius 1 is 1.53 bits per heavy atom. The molecule has 1 amide bonds. The van der Waals surface area contributed by atoms with Crippen molar-refractivity contribution in [3.63, 3.8) is 0 Å². The number of thiazole rings is 1. The number of nitrogens with two attached hydrogens (primary N) is 1. The Hall–Kier alpha value is -1.34. The molecule has 0 spiro atoms. The van der Waals surface area contributed by atoms with Gasteiger partial charge in [0.1, 0.15) is 10.7 Å². The molecule has 0 aliphatic carbocycles. The Morgan fingerprint density at radius 3 is 2.74 bits per heavy atom. The first-order valence-electron chi connectivity index (χ1n) is 6.21. The third-order valence-corrected chi connectivity index (χ3v) is 3.45. The standard InChI is InChI=1S/C12H22N4O2S/c1-8(2)7-18-6-5-14-11(17)9-10(13)15-12(19-9)16(3)4/h8H,5-7,13H2,1-4H3,(H,14,17). The van der Waals surface area contributed by atoms with Crippen LogP contribution in [0.5, 0.6) is 0 Å². The average molecular weight is 286 g/mol. The van der Waals surface area contributed by atoms with Crippen molar-refractivity contribution in [2.75, 3.05) is 44.5 Å². The van der Waals surface area contributed by atoms with Crippen LogP contribution in [0, 0.1) is 5.92 Å². The molecule has 108 valence electrons. The van der Waals surface area contributed by atoms with E-state index in [9.17, 15) is 4.79 Å². The van der Waals surface area contributed by atoms with Gasteiger partial charge < -0.3 is 20.7 Å².